The number of carbonyl (C=O) groups is 2. The van der Waals surface area contributed by atoms with Crippen molar-refractivity contribution in [2.45, 2.75) is 24.7 Å². The first kappa shape index (κ1) is 20.2. The average Bonchev–Trinajstić information content (AvgIpc) is 2.77. The molecule has 0 aromatic heterocycles. The maximum Gasteiger partial charge on any atom is 0.255 e. The van der Waals surface area contributed by atoms with Gasteiger partial charge >= 0.3 is 0 Å². The van der Waals surface area contributed by atoms with Gasteiger partial charge in [0.2, 0.25) is 5.91 Å². The van der Waals surface area contributed by atoms with E-state index in [1.54, 1.807) is 6.07 Å². The van der Waals surface area contributed by atoms with Crippen LogP contribution in [0.3, 0.4) is 0 Å². The van der Waals surface area contributed by atoms with Crippen LogP contribution in [0.25, 0.3) is 0 Å². The Morgan fingerprint density at radius 2 is 1.83 bits per heavy atom. The first-order chi connectivity index (χ1) is 14.6. The van der Waals surface area contributed by atoms with Gasteiger partial charge in [-0.15, -0.1) is 11.8 Å². The van der Waals surface area contributed by atoms with Gasteiger partial charge in [-0.1, -0.05) is 42.0 Å². The van der Waals surface area contributed by atoms with Crippen molar-refractivity contribution in [2.75, 3.05) is 22.5 Å². The van der Waals surface area contributed by atoms with E-state index >= 15 is 0 Å². The summed E-state index contributed by atoms with van der Waals surface area (Å²) in [6, 6.07) is 23.3. The second-order valence-corrected chi connectivity index (χ2v) is 8.47. The molecule has 1 heterocycles. The van der Waals surface area contributed by atoms with Crippen molar-refractivity contribution >= 4 is 35.0 Å². The Morgan fingerprint density at radius 3 is 2.70 bits per heavy atom. The van der Waals surface area contributed by atoms with Crippen LogP contribution in [0.1, 0.15) is 27.9 Å². The average molecular weight is 417 g/mol. The molecule has 4 nitrogen and oxygen atoms in total. The summed E-state index contributed by atoms with van der Waals surface area (Å²) in [5.41, 5.74) is 4.68. The number of amides is 2. The highest BCUT2D eigenvalue weighted by Gasteiger charge is 2.22. The van der Waals surface area contributed by atoms with Crippen molar-refractivity contribution in [1.82, 2.24) is 0 Å². The zero-order valence-corrected chi connectivity index (χ0v) is 17.7. The molecule has 0 aliphatic carbocycles. The van der Waals surface area contributed by atoms with E-state index in [2.05, 4.69) is 11.4 Å². The van der Waals surface area contributed by atoms with Gasteiger partial charge in [0.15, 0.2) is 0 Å². The minimum absolute atomic E-state index is 0.112. The number of rotatable bonds is 5. The summed E-state index contributed by atoms with van der Waals surface area (Å²) in [4.78, 5) is 28.2. The van der Waals surface area contributed by atoms with Gasteiger partial charge in [-0.3, -0.25) is 9.59 Å². The molecule has 0 fully saturated rings. The smallest absolute Gasteiger partial charge is 0.255 e. The Morgan fingerprint density at radius 1 is 1.00 bits per heavy atom. The van der Waals surface area contributed by atoms with Crippen LogP contribution in [0.5, 0.6) is 0 Å². The third-order valence-electron chi connectivity index (χ3n) is 5.15. The third-order valence-corrected chi connectivity index (χ3v) is 6.12. The van der Waals surface area contributed by atoms with E-state index in [-0.39, 0.29) is 11.8 Å². The Labute approximate surface area is 181 Å². The number of carbonyl (C=O) groups excluding carboxylic acids is 2. The molecule has 0 saturated heterocycles. The maximum atomic E-state index is 12.8. The molecule has 2 amide bonds. The normalized spacial score (nSPS) is 12.9. The van der Waals surface area contributed by atoms with E-state index in [4.69, 9.17) is 0 Å². The van der Waals surface area contributed by atoms with Gasteiger partial charge in [-0.2, -0.15) is 0 Å². The standard InChI is InChI=1S/C25H24N2O2S/c1-18-7-4-9-20(15-18)25(29)26-21-11-5-12-22(16-21)30-17-24(28)27-14-6-10-19-8-2-3-13-23(19)27/h2-5,7-9,11-13,15-16H,6,10,14,17H2,1H3,(H,26,29). The van der Waals surface area contributed by atoms with Gasteiger partial charge in [0.25, 0.3) is 5.91 Å². The van der Waals surface area contributed by atoms with Crippen molar-refractivity contribution in [3.8, 4) is 0 Å². The summed E-state index contributed by atoms with van der Waals surface area (Å²) in [5, 5.41) is 2.94. The Kier molecular flexibility index (Phi) is 6.19. The third kappa shape index (κ3) is 4.74. The van der Waals surface area contributed by atoms with Crippen LogP contribution in [-0.4, -0.2) is 24.1 Å². The zero-order valence-electron chi connectivity index (χ0n) is 16.9. The highest BCUT2D eigenvalue weighted by Crippen LogP contribution is 2.29. The topological polar surface area (TPSA) is 49.4 Å². The summed E-state index contributed by atoms with van der Waals surface area (Å²) >= 11 is 1.49. The Bertz CT molecular complexity index is 1080. The van der Waals surface area contributed by atoms with Crippen LogP contribution in [0.4, 0.5) is 11.4 Å². The van der Waals surface area contributed by atoms with Gasteiger partial charge in [-0.05, 0) is 61.7 Å². The van der Waals surface area contributed by atoms with E-state index in [9.17, 15) is 9.59 Å². The molecule has 3 aromatic carbocycles. The molecule has 1 aliphatic rings. The molecule has 1 N–H and O–H groups in total. The molecular formula is C25H24N2O2S. The molecule has 4 rings (SSSR count). The van der Waals surface area contributed by atoms with Crippen molar-refractivity contribution in [2.24, 2.45) is 0 Å². The summed E-state index contributed by atoms with van der Waals surface area (Å²) in [7, 11) is 0. The highest BCUT2D eigenvalue weighted by molar-refractivity contribution is 8.00. The summed E-state index contributed by atoms with van der Waals surface area (Å²) in [6.07, 6.45) is 2.02. The number of benzene rings is 3. The Hall–Kier alpha value is -3.05. The molecule has 1 aliphatic heterocycles. The molecule has 0 radical (unpaired) electrons. The van der Waals surface area contributed by atoms with E-state index in [1.807, 2.05) is 72.5 Å². The number of hydrogen-bond donors (Lipinski definition) is 1. The molecule has 5 heteroatoms. The molecule has 0 saturated carbocycles. The van der Waals surface area contributed by atoms with Crippen LogP contribution in [0.15, 0.2) is 77.7 Å². The fourth-order valence-electron chi connectivity index (χ4n) is 3.67. The molecule has 0 bridgehead atoms. The summed E-state index contributed by atoms with van der Waals surface area (Å²) < 4.78 is 0. The number of aryl methyl sites for hydroxylation is 2. The SMILES string of the molecule is Cc1cccc(C(=O)Nc2cccc(SCC(=O)N3CCCc4ccccc43)c2)c1. The second kappa shape index (κ2) is 9.18. The first-order valence-electron chi connectivity index (χ1n) is 10.1. The lowest BCUT2D eigenvalue weighted by Gasteiger charge is -2.29. The molecule has 30 heavy (non-hydrogen) atoms. The summed E-state index contributed by atoms with van der Waals surface area (Å²) in [5.74, 6) is 0.340. The molecule has 0 unspecified atom stereocenters. The number of para-hydroxylation sites is 1. The second-order valence-electron chi connectivity index (χ2n) is 7.42. The predicted molar refractivity (Wildman–Crippen MR) is 123 cm³/mol. The van der Waals surface area contributed by atoms with Crippen LogP contribution in [-0.2, 0) is 11.2 Å². The highest BCUT2D eigenvalue weighted by atomic mass is 32.2. The van der Waals surface area contributed by atoms with Gasteiger partial charge in [0.05, 0.1) is 5.75 Å². The van der Waals surface area contributed by atoms with Crippen molar-refractivity contribution in [3.63, 3.8) is 0 Å². The van der Waals surface area contributed by atoms with Crippen molar-refractivity contribution < 1.29 is 9.59 Å². The molecule has 0 atom stereocenters. The monoisotopic (exact) mass is 416 g/mol. The molecule has 0 spiro atoms. The lowest BCUT2D eigenvalue weighted by molar-refractivity contribution is -0.116. The number of fused-ring (bicyclic) bond motifs is 1. The zero-order chi connectivity index (χ0) is 20.9. The minimum atomic E-state index is -0.137. The first-order valence-corrected chi connectivity index (χ1v) is 11.1. The molecular weight excluding hydrogens is 392 g/mol. The van der Waals surface area contributed by atoms with Crippen LogP contribution in [0.2, 0.25) is 0 Å². The Balaban J connectivity index is 1.39. The van der Waals surface area contributed by atoms with E-state index < -0.39 is 0 Å². The molecule has 152 valence electrons. The van der Waals surface area contributed by atoms with Crippen molar-refractivity contribution in [3.05, 3.63) is 89.5 Å². The largest absolute Gasteiger partial charge is 0.322 e. The predicted octanol–water partition coefficient (Wildman–Crippen LogP) is 5.32. The van der Waals surface area contributed by atoms with Gasteiger partial charge in [0, 0.05) is 28.4 Å². The van der Waals surface area contributed by atoms with Gasteiger partial charge in [-0.25, -0.2) is 0 Å². The minimum Gasteiger partial charge on any atom is -0.322 e. The summed E-state index contributed by atoms with van der Waals surface area (Å²) in [6.45, 7) is 2.73. The van der Waals surface area contributed by atoms with Crippen molar-refractivity contribution in [1.29, 1.82) is 0 Å². The lowest BCUT2D eigenvalue weighted by Crippen LogP contribution is -2.36. The molecule has 3 aromatic rings. The lowest BCUT2D eigenvalue weighted by atomic mass is 10.0. The van der Waals surface area contributed by atoms with Crippen LogP contribution >= 0.6 is 11.8 Å². The van der Waals surface area contributed by atoms with Crippen LogP contribution in [0, 0.1) is 6.92 Å². The number of nitrogens with zero attached hydrogens (tertiary/aromatic N) is 1. The fourth-order valence-corrected chi connectivity index (χ4v) is 4.50. The van der Waals surface area contributed by atoms with E-state index in [0.717, 1.165) is 41.2 Å². The quantitative estimate of drug-likeness (QED) is 0.573. The van der Waals surface area contributed by atoms with Gasteiger partial charge in [0.1, 0.15) is 0 Å². The number of thioether (sulfide) groups is 1. The van der Waals surface area contributed by atoms with E-state index in [0.29, 0.717) is 11.3 Å². The number of hydrogen-bond acceptors (Lipinski definition) is 3. The van der Waals surface area contributed by atoms with E-state index in [1.165, 1.54) is 17.3 Å². The maximum absolute atomic E-state index is 12.8. The van der Waals surface area contributed by atoms with Gasteiger partial charge < -0.3 is 10.2 Å². The number of nitrogens with one attached hydrogen (secondary N) is 1. The fraction of sp³-hybridized carbons (Fsp3) is 0.200. The van der Waals surface area contributed by atoms with Crippen LogP contribution < -0.4 is 10.2 Å². The number of anilines is 2.